The Balaban J connectivity index is 1.54. The van der Waals surface area contributed by atoms with E-state index in [-0.39, 0.29) is 24.6 Å². The molecule has 1 heterocycles. The fourth-order valence-corrected chi connectivity index (χ4v) is 5.37. The Bertz CT molecular complexity index is 1430. The monoisotopic (exact) mass is 536 g/mol. The summed E-state index contributed by atoms with van der Waals surface area (Å²) in [6, 6.07) is 25.3. The van der Waals surface area contributed by atoms with E-state index in [0.717, 1.165) is 35.1 Å². The average Bonchev–Trinajstić information content (AvgIpc) is 3.78. The Morgan fingerprint density at radius 1 is 0.900 bits per heavy atom. The molecule has 3 aromatic rings. The van der Waals surface area contributed by atoms with Gasteiger partial charge in [-0.3, -0.25) is 4.79 Å². The SMILES string of the molecule is Cc1cccc(CN(C(=O)C2=C(c3cccc(-c4ccccc4)c3)CCN(C(=O)OC(C)(C)C)C2)C2CC2)c1C. The fraction of sp³-hybridized carbons (Fsp3) is 0.371. The van der Waals surface area contributed by atoms with Crippen LogP contribution >= 0.6 is 0 Å². The number of nitrogens with zero attached hydrogens (tertiary/aromatic N) is 2. The summed E-state index contributed by atoms with van der Waals surface area (Å²) in [5.41, 5.74) is 8.03. The van der Waals surface area contributed by atoms with Crippen LogP contribution in [0.1, 0.15) is 62.3 Å². The third kappa shape index (κ3) is 6.30. The molecule has 0 atom stereocenters. The van der Waals surface area contributed by atoms with Crippen LogP contribution in [0.2, 0.25) is 0 Å². The smallest absolute Gasteiger partial charge is 0.410 e. The standard InChI is InChI=1S/C35H40N2O3/c1-24-11-9-16-29(25(24)2)22-37(30-17-18-30)33(38)32-23-36(34(39)40-35(3,4)5)20-19-31(32)28-15-10-14-27(21-28)26-12-7-6-8-13-26/h6-16,21,30H,17-20,22-23H2,1-5H3. The first kappa shape index (κ1) is 27.7. The van der Waals surface area contributed by atoms with Gasteiger partial charge in [0.25, 0.3) is 5.91 Å². The number of hydrogen-bond acceptors (Lipinski definition) is 3. The maximum Gasteiger partial charge on any atom is 0.410 e. The summed E-state index contributed by atoms with van der Waals surface area (Å²) < 4.78 is 5.71. The molecule has 5 heteroatoms. The molecule has 0 unspecified atom stereocenters. The Kier molecular flexibility index (Phi) is 7.84. The van der Waals surface area contributed by atoms with Crippen LogP contribution in [0.15, 0.2) is 78.4 Å². The summed E-state index contributed by atoms with van der Waals surface area (Å²) in [6.07, 6.45) is 2.25. The molecule has 0 radical (unpaired) electrons. The molecule has 1 fully saturated rings. The largest absolute Gasteiger partial charge is 0.444 e. The highest BCUT2D eigenvalue weighted by molar-refractivity contribution is 6.03. The first-order valence-electron chi connectivity index (χ1n) is 14.3. The van der Waals surface area contributed by atoms with Gasteiger partial charge in [0.2, 0.25) is 0 Å². The Hall–Kier alpha value is -3.86. The van der Waals surface area contributed by atoms with E-state index in [9.17, 15) is 9.59 Å². The van der Waals surface area contributed by atoms with Crippen LogP contribution < -0.4 is 0 Å². The van der Waals surface area contributed by atoms with E-state index in [0.29, 0.717) is 25.1 Å². The number of rotatable bonds is 6. The van der Waals surface area contributed by atoms with Gasteiger partial charge in [0.05, 0.1) is 6.54 Å². The van der Waals surface area contributed by atoms with Gasteiger partial charge in [-0.2, -0.15) is 0 Å². The van der Waals surface area contributed by atoms with Gasteiger partial charge in [-0.15, -0.1) is 0 Å². The number of aryl methyl sites for hydroxylation is 1. The molecule has 2 amide bonds. The van der Waals surface area contributed by atoms with Crippen molar-refractivity contribution in [1.82, 2.24) is 9.80 Å². The van der Waals surface area contributed by atoms with Gasteiger partial charge in [-0.25, -0.2) is 4.79 Å². The van der Waals surface area contributed by atoms with Crippen molar-refractivity contribution >= 4 is 17.6 Å². The van der Waals surface area contributed by atoms with E-state index < -0.39 is 5.60 Å². The molecule has 5 nitrogen and oxygen atoms in total. The summed E-state index contributed by atoms with van der Waals surface area (Å²) in [5, 5.41) is 0. The maximum absolute atomic E-state index is 14.5. The molecule has 0 saturated heterocycles. The molecule has 0 aromatic heterocycles. The van der Waals surface area contributed by atoms with E-state index in [1.54, 1.807) is 4.90 Å². The van der Waals surface area contributed by atoms with E-state index >= 15 is 0 Å². The number of ether oxygens (including phenoxy) is 1. The predicted octanol–water partition coefficient (Wildman–Crippen LogP) is 7.56. The second kappa shape index (κ2) is 11.3. The van der Waals surface area contributed by atoms with Crippen LogP contribution in [-0.2, 0) is 16.1 Å². The molecule has 208 valence electrons. The zero-order chi connectivity index (χ0) is 28.4. The van der Waals surface area contributed by atoms with Crippen molar-refractivity contribution in [2.24, 2.45) is 0 Å². The van der Waals surface area contributed by atoms with Crippen molar-refractivity contribution in [3.63, 3.8) is 0 Å². The number of amides is 2. The summed E-state index contributed by atoms with van der Waals surface area (Å²) in [4.78, 5) is 31.3. The molecule has 40 heavy (non-hydrogen) atoms. The fourth-order valence-electron chi connectivity index (χ4n) is 5.37. The van der Waals surface area contributed by atoms with Crippen LogP contribution in [0.5, 0.6) is 0 Å². The minimum atomic E-state index is -0.599. The zero-order valence-corrected chi connectivity index (χ0v) is 24.4. The van der Waals surface area contributed by atoms with Crippen LogP contribution in [0.25, 0.3) is 16.7 Å². The van der Waals surface area contributed by atoms with Crippen molar-refractivity contribution in [2.75, 3.05) is 13.1 Å². The van der Waals surface area contributed by atoms with Crippen LogP contribution in [0.3, 0.4) is 0 Å². The molecule has 2 aliphatic rings. The Labute approximate surface area is 238 Å². The first-order chi connectivity index (χ1) is 19.1. The lowest BCUT2D eigenvalue weighted by Gasteiger charge is -2.34. The predicted molar refractivity (Wildman–Crippen MR) is 161 cm³/mol. The highest BCUT2D eigenvalue weighted by Gasteiger charge is 2.38. The number of benzene rings is 3. The first-order valence-corrected chi connectivity index (χ1v) is 14.3. The Morgan fingerprint density at radius 2 is 1.57 bits per heavy atom. The van der Waals surface area contributed by atoms with Gasteiger partial charge < -0.3 is 14.5 Å². The molecular formula is C35H40N2O3. The third-order valence-corrected chi connectivity index (χ3v) is 7.88. The highest BCUT2D eigenvalue weighted by Crippen LogP contribution is 2.36. The van der Waals surface area contributed by atoms with E-state index in [4.69, 9.17) is 4.74 Å². The van der Waals surface area contributed by atoms with Gasteiger partial charge >= 0.3 is 6.09 Å². The average molecular weight is 537 g/mol. The van der Waals surface area contributed by atoms with Gasteiger partial charge in [-0.1, -0.05) is 66.7 Å². The molecule has 0 spiro atoms. The molecule has 0 bridgehead atoms. The van der Waals surface area contributed by atoms with Gasteiger partial charge in [0, 0.05) is 24.7 Å². The summed E-state index contributed by atoms with van der Waals surface area (Å²) in [6.45, 7) is 11.2. The van der Waals surface area contributed by atoms with Gasteiger partial charge in [0.15, 0.2) is 0 Å². The molecule has 1 saturated carbocycles. The van der Waals surface area contributed by atoms with Crippen LogP contribution in [0.4, 0.5) is 4.79 Å². The number of carbonyl (C=O) groups excluding carboxylic acids is 2. The normalized spacial score (nSPS) is 15.7. The van der Waals surface area contributed by atoms with Crippen LogP contribution in [0, 0.1) is 13.8 Å². The van der Waals surface area contributed by atoms with E-state index in [1.165, 1.54) is 16.7 Å². The van der Waals surface area contributed by atoms with E-state index in [1.807, 2.05) is 43.9 Å². The number of carbonyl (C=O) groups is 2. The third-order valence-electron chi connectivity index (χ3n) is 7.88. The summed E-state index contributed by atoms with van der Waals surface area (Å²) in [7, 11) is 0. The second-order valence-electron chi connectivity index (χ2n) is 12.1. The molecule has 1 aliphatic carbocycles. The van der Waals surface area contributed by atoms with Crippen LogP contribution in [-0.4, -0.2) is 46.5 Å². The van der Waals surface area contributed by atoms with Crippen molar-refractivity contribution in [3.05, 3.63) is 101 Å². The minimum Gasteiger partial charge on any atom is -0.444 e. The molecular weight excluding hydrogens is 496 g/mol. The Morgan fingerprint density at radius 3 is 2.27 bits per heavy atom. The molecule has 1 aliphatic heterocycles. The lowest BCUT2D eigenvalue weighted by atomic mass is 9.90. The van der Waals surface area contributed by atoms with Gasteiger partial charge in [-0.05, 0) is 98.9 Å². The van der Waals surface area contributed by atoms with Crippen molar-refractivity contribution in [1.29, 1.82) is 0 Å². The van der Waals surface area contributed by atoms with E-state index in [2.05, 4.69) is 68.4 Å². The van der Waals surface area contributed by atoms with Gasteiger partial charge in [0.1, 0.15) is 5.60 Å². The van der Waals surface area contributed by atoms with Crippen molar-refractivity contribution in [2.45, 2.75) is 72.1 Å². The second-order valence-corrected chi connectivity index (χ2v) is 12.1. The molecule has 0 N–H and O–H groups in total. The van der Waals surface area contributed by atoms with Crippen molar-refractivity contribution < 1.29 is 14.3 Å². The number of hydrogen-bond donors (Lipinski definition) is 0. The lowest BCUT2D eigenvalue weighted by Crippen LogP contribution is -2.44. The van der Waals surface area contributed by atoms with Crippen molar-refractivity contribution in [3.8, 4) is 11.1 Å². The summed E-state index contributed by atoms with van der Waals surface area (Å²) in [5.74, 6) is 0.0248. The molecule has 5 rings (SSSR count). The lowest BCUT2D eigenvalue weighted by molar-refractivity contribution is -0.128. The maximum atomic E-state index is 14.5. The summed E-state index contributed by atoms with van der Waals surface area (Å²) >= 11 is 0. The highest BCUT2D eigenvalue weighted by atomic mass is 16.6. The molecule has 3 aromatic carbocycles. The minimum absolute atomic E-state index is 0.0248. The quantitative estimate of drug-likeness (QED) is 0.327. The topological polar surface area (TPSA) is 49.9 Å². The zero-order valence-electron chi connectivity index (χ0n) is 24.4.